The zero-order valence-corrected chi connectivity index (χ0v) is 10.4. The average molecular weight is 250 g/mol. The Balaban J connectivity index is 2.79. The quantitative estimate of drug-likeness (QED) is 0.567. The summed E-state index contributed by atoms with van der Waals surface area (Å²) in [5, 5.41) is 0. The van der Waals surface area contributed by atoms with Gasteiger partial charge < -0.3 is 4.74 Å². The van der Waals surface area contributed by atoms with Gasteiger partial charge in [-0.15, -0.1) is 0 Å². The van der Waals surface area contributed by atoms with E-state index in [1.54, 1.807) is 20.8 Å². The van der Waals surface area contributed by atoms with Crippen LogP contribution in [-0.4, -0.2) is 18.8 Å². The fraction of sp³-hybridized carbons (Fsp3) is 0.750. The molecule has 1 rings (SSSR count). The summed E-state index contributed by atoms with van der Waals surface area (Å²) in [5.74, 6) is -1.25. The Morgan fingerprint density at radius 3 is 2.35 bits per heavy atom. The molecule has 2 atom stereocenters. The van der Waals surface area contributed by atoms with Crippen LogP contribution in [0, 0.1) is 17.3 Å². The predicted molar refractivity (Wildman–Crippen MR) is 57.2 cm³/mol. The Kier molecular flexibility index (Phi) is 3.60. The summed E-state index contributed by atoms with van der Waals surface area (Å²) in [6.07, 6.45) is -3.18. The van der Waals surface area contributed by atoms with Crippen molar-refractivity contribution in [2.45, 2.75) is 33.9 Å². The molecule has 0 aromatic rings. The van der Waals surface area contributed by atoms with Gasteiger partial charge in [-0.1, -0.05) is 19.9 Å². The number of allylic oxidation sites excluding steroid dienone is 2. The van der Waals surface area contributed by atoms with E-state index in [-0.39, 0.29) is 12.5 Å². The van der Waals surface area contributed by atoms with Crippen molar-refractivity contribution in [3.8, 4) is 0 Å². The third kappa shape index (κ3) is 2.82. The number of halogens is 3. The van der Waals surface area contributed by atoms with Gasteiger partial charge in [0.25, 0.3) is 0 Å². The summed E-state index contributed by atoms with van der Waals surface area (Å²) < 4.78 is 42.0. The average Bonchev–Trinajstić information content (AvgIpc) is 2.67. The lowest BCUT2D eigenvalue weighted by Gasteiger charge is -2.06. The van der Waals surface area contributed by atoms with Crippen molar-refractivity contribution in [2.75, 3.05) is 6.61 Å². The second-order valence-electron chi connectivity index (χ2n) is 4.92. The monoisotopic (exact) mass is 250 g/mol. The number of rotatable bonds is 3. The van der Waals surface area contributed by atoms with Crippen molar-refractivity contribution < 1.29 is 22.7 Å². The standard InChI is InChI=1S/C12H17F3O2/c1-5-17-10(16)9-8(11(9,3)4)6-7(2)12(13,14)15/h6,8-9H,5H2,1-4H3/t8-,9-/m0/s1. The molecule has 98 valence electrons. The molecule has 5 heteroatoms. The summed E-state index contributed by atoms with van der Waals surface area (Å²) in [6.45, 7) is 6.51. The third-order valence-corrected chi connectivity index (χ3v) is 3.33. The van der Waals surface area contributed by atoms with E-state index in [0.717, 1.165) is 13.0 Å². The second kappa shape index (κ2) is 4.35. The van der Waals surface area contributed by atoms with Gasteiger partial charge in [0.1, 0.15) is 0 Å². The first-order chi connectivity index (χ1) is 7.62. The Bertz CT molecular complexity index is 342. The smallest absolute Gasteiger partial charge is 0.412 e. The topological polar surface area (TPSA) is 26.3 Å². The van der Waals surface area contributed by atoms with Gasteiger partial charge in [-0.05, 0) is 25.2 Å². The molecule has 1 fully saturated rings. The lowest BCUT2D eigenvalue weighted by molar-refractivity contribution is -0.145. The maximum absolute atomic E-state index is 12.4. The number of carbonyl (C=O) groups is 1. The SMILES string of the molecule is CCOC(=O)[C@@H]1[C@H](C=C(C)C(F)(F)F)C1(C)C. The zero-order valence-electron chi connectivity index (χ0n) is 10.4. The maximum atomic E-state index is 12.4. The van der Waals surface area contributed by atoms with E-state index in [2.05, 4.69) is 0 Å². The van der Waals surface area contributed by atoms with Crippen LogP contribution in [0.15, 0.2) is 11.6 Å². The minimum atomic E-state index is -4.32. The zero-order chi connectivity index (χ0) is 13.4. The first-order valence-corrected chi connectivity index (χ1v) is 5.54. The van der Waals surface area contributed by atoms with Gasteiger partial charge in [0, 0.05) is 5.57 Å². The van der Waals surface area contributed by atoms with E-state index in [1.807, 2.05) is 0 Å². The highest BCUT2D eigenvalue weighted by Gasteiger charge is 2.61. The fourth-order valence-corrected chi connectivity index (χ4v) is 2.03. The van der Waals surface area contributed by atoms with Crippen LogP contribution in [0.2, 0.25) is 0 Å². The Morgan fingerprint density at radius 2 is 1.94 bits per heavy atom. The molecule has 1 aliphatic carbocycles. The summed E-state index contributed by atoms with van der Waals surface area (Å²) in [4.78, 5) is 11.5. The van der Waals surface area contributed by atoms with Crippen LogP contribution in [0.5, 0.6) is 0 Å². The predicted octanol–water partition coefficient (Wildman–Crippen LogP) is 3.33. The molecule has 1 saturated carbocycles. The Labute approximate surface area is 98.8 Å². The van der Waals surface area contributed by atoms with Crippen molar-refractivity contribution in [2.24, 2.45) is 17.3 Å². The first-order valence-electron chi connectivity index (χ1n) is 5.54. The molecule has 1 aliphatic rings. The van der Waals surface area contributed by atoms with Crippen LogP contribution in [-0.2, 0) is 9.53 Å². The third-order valence-electron chi connectivity index (χ3n) is 3.33. The van der Waals surface area contributed by atoms with Crippen molar-refractivity contribution in [3.05, 3.63) is 11.6 Å². The molecule has 0 spiro atoms. The molecule has 0 bridgehead atoms. The van der Waals surface area contributed by atoms with Crippen LogP contribution in [0.3, 0.4) is 0 Å². The van der Waals surface area contributed by atoms with E-state index in [4.69, 9.17) is 4.74 Å². The van der Waals surface area contributed by atoms with Gasteiger partial charge in [-0.2, -0.15) is 13.2 Å². The molecule has 0 saturated heterocycles. The number of hydrogen-bond donors (Lipinski definition) is 0. The van der Waals surface area contributed by atoms with Gasteiger partial charge in [-0.25, -0.2) is 0 Å². The van der Waals surface area contributed by atoms with E-state index < -0.39 is 29.1 Å². The summed E-state index contributed by atoms with van der Waals surface area (Å²) >= 11 is 0. The van der Waals surface area contributed by atoms with Crippen LogP contribution in [0.4, 0.5) is 13.2 Å². The summed E-state index contributed by atoms with van der Waals surface area (Å²) in [6, 6.07) is 0. The first kappa shape index (κ1) is 14.1. The van der Waals surface area contributed by atoms with E-state index in [9.17, 15) is 18.0 Å². The molecular formula is C12H17F3O2. The number of alkyl halides is 3. The van der Waals surface area contributed by atoms with Crippen LogP contribution < -0.4 is 0 Å². The maximum Gasteiger partial charge on any atom is 0.412 e. The molecule has 2 nitrogen and oxygen atoms in total. The number of ether oxygens (including phenoxy) is 1. The highest BCUT2D eigenvalue weighted by atomic mass is 19.4. The van der Waals surface area contributed by atoms with Gasteiger partial charge in [0.05, 0.1) is 12.5 Å². The molecule has 0 aliphatic heterocycles. The molecule has 0 aromatic carbocycles. The van der Waals surface area contributed by atoms with Crippen LogP contribution in [0.25, 0.3) is 0 Å². The van der Waals surface area contributed by atoms with Crippen molar-refractivity contribution in [1.29, 1.82) is 0 Å². The van der Waals surface area contributed by atoms with Crippen LogP contribution >= 0.6 is 0 Å². The van der Waals surface area contributed by atoms with Crippen LogP contribution in [0.1, 0.15) is 27.7 Å². The highest BCUT2D eigenvalue weighted by molar-refractivity contribution is 5.78. The minimum absolute atomic E-state index is 0.250. The fourth-order valence-electron chi connectivity index (χ4n) is 2.03. The molecule has 0 amide bonds. The van der Waals surface area contributed by atoms with E-state index in [1.165, 1.54) is 0 Å². The lowest BCUT2D eigenvalue weighted by Crippen LogP contribution is -2.11. The second-order valence-corrected chi connectivity index (χ2v) is 4.92. The lowest BCUT2D eigenvalue weighted by atomic mass is 10.1. The van der Waals surface area contributed by atoms with Gasteiger partial charge in [0.15, 0.2) is 0 Å². The summed E-state index contributed by atoms with van der Waals surface area (Å²) in [5.41, 5.74) is -1.10. The molecular weight excluding hydrogens is 233 g/mol. The number of carbonyl (C=O) groups excluding carboxylic acids is 1. The van der Waals surface area contributed by atoms with Gasteiger partial charge in [-0.3, -0.25) is 4.79 Å². The molecule has 0 unspecified atom stereocenters. The van der Waals surface area contributed by atoms with Gasteiger partial charge in [0.2, 0.25) is 0 Å². The molecule has 0 N–H and O–H groups in total. The normalized spacial score (nSPS) is 27.8. The summed E-state index contributed by atoms with van der Waals surface area (Å²) in [7, 11) is 0. The van der Waals surface area contributed by atoms with Crippen molar-refractivity contribution >= 4 is 5.97 Å². The molecule has 0 radical (unpaired) electrons. The van der Waals surface area contributed by atoms with Gasteiger partial charge >= 0.3 is 12.1 Å². The largest absolute Gasteiger partial charge is 0.466 e. The molecule has 17 heavy (non-hydrogen) atoms. The minimum Gasteiger partial charge on any atom is -0.466 e. The Morgan fingerprint density at radius 1 is 1.41 bits per heavy atom. The van der Waals surface area contributed by atoms with Crippen molar-refractivity contribution in [1.82, 2.24) is 0 Å². The number of hydrogen-bond acceptors (Lipinski definition) is 2. The highest BCUT2D eigenvalue weighted by Crippen LogP contribution is 2.60. The number of esters is 1. The van der Waals surface area contributed by atoms with Crippen molar-refractivity contribution in [3.63, 3.8) is 0 Å². The van der Waals surface area contributed by atoms with E-state index in [0.29, 0.717) is 0 Å². The molecule has 0 aromatic heterocycles. The Hall–Kier alpha value is -1.00. The van der Waals surface area contributed by atoms with E-state index >= 15 is 0 Å². The molecule has 0 heterocycles.